The van der Waals surface area contributed by atoms with Crippen molar-refractivity contribution in [3.8, 4) is 0 Å². The van der Waals surface area contributed by atoms with Crippen molar-refractivity contribution in [3.05, 3.63) is 59.2 Å². The Hall–Kier alpha value is -3.02. The minimum Gasteiger partial charge on any atom is -0.399 e. The van der Waals surface area contributed by atoms with Crippen LogP contribution in [0, 0.1) is 13.8 Å². The molecular formula is C20H24N4O2. The quantitative estimate of drug-likeness (QED) is 0.816. The van der Waals surface area contributed by atoms with Crippen LogP contribution in [0.2, 0.25) is 0 Å². The topological polar surface area (TPSA) is 78.7 Å². The number of nitrogen functional groups attached to an aromatic ring is 1. The van der Waals surface area contributed by atoms with Crippen molar-refractivity contribution in [2.24, 2.45) is 0 Å². The van der Waals surface area contributed by atoms with Crippen LogP contribution in [0.4, 0.5) is 16.2 Å². The van der Waals surface area contributed by atoms with Crippen LogP contribution in [0.5, 0.6) is 0 Å². The van der Waals surface area contributed by atoms with Gasteiger partial charge in [-0.05, 0) is 49.2 Å². The van der Waals surface area contributed by atoms with Crippen molar-refractivity contribution in [1.82, 2.24) is 9.80 Å². The Morgan fingerprint density at radius 1 is 0.962 bits per heavy atom. The maximum atomic E-state index is 12.7. The Balaban J connectivity index is 1.59. The molecule has 0 unspecified atom stereocenters. The first kappa shape index (κ1) is 17.8. The predicted octanol–water partition coefficient (Wildman–Crippen LogP) is 2.88. The van der Waals surface area contributed by atoms with E-state index in [0.29, 0.717) is 37.4 Å². The summed E-state index contributed by atoms with van der Waals surface area (Å²) in [5, 5.41) is 2.91. The zero-order valence-corrected chi connectivity index (χ0v) is 15.2. The van der Waals surface area contributed by atoms with Crippen molar-refractivity contribution in [2.75, 3.05) is 37.2 Å². The molecule has 0 spiro atoms. The molecule has 26 heavy (non-hydrogen) atoms. The summed E-state index contributed by atoms with van der Waals surface area (Å²) in [5.74, 6) is -0.0338. The van der Waals surface area contributed by atoms with E-state index in [-0.39, 0.29) is 11.9 Å². The summed E-state index contributed by atoms with van der Waals surface area (Å²) in [5.41, 5.74) is 9.80. The molecule has 3 N–H and O–H groups in total. The minimum atomic E-state index is -0.136. The molecule has 6 nitrogen and oxygen atoms in total. The van der Waals surface area contributed by atoms with Crippen molar-refractivity contribution in [1.29, 1.82) is 0 Å². The van der Waals surface area contributed by atoms with Crippen molar-refractivity contribution in [2.45, 2.75) is 13.8 Å². The number of nitrogens with two attached hydrogens (primary N) is 1. The average Bonchev–Trinajstić information content (AvgIpc) is 2.63. The van der Waals surface area contributed by atoms with Gasteiger partial charge in [-0.1, -0.05) is 18.2 Å². The highest BCUT2D eigenvalue weighted by molar-refractivity contribution is 5.97. The molecule has 0 bridgehead atoms. The lowest BCUT2D eigenvalue weighted by Crippen LogP contribution is -2.51. The number of amides is 3. The summed E-state index contributed by atoms with van der Waals surface area (Å²) in [6, 6.07) is 12.9. The van der Waals surface area contributed by atoms with Gasteiger partial charge in [-0.25, -0.2) is 4.79 Å². The van der Waals surface area contributed by atoms with Crippen LogP contribution < -0.4 is 11.1 Å². The van der Waals surface area contributed by atoms with Crippen molar-refractivity contribution in [3.63, 3.8) is 0 Å². The lowest BCUT2D eigenvalue weighted by Gasteiger charge is -2.35. The van der Waals surface area contributed by atoms with Crippen LogP contribution in [-0.4, -0.2) is 47.9 Å². The van der Waals surface area contributed by atoms with Gasteiger partial charge in [0.05, 0.1) is 0 Å². The number of hydrogen-bond acceptors (Lipinski definition) is 3. The number of rotatable bonds is 2. The number of carbonyl (C=O) groups excluding carboxylic acids is 2. The number of hydrogen-bond donors (Lipinski definition) is 2. The molecule has 1 heterocycles. The van der Waals surface area contributed by atoms with E-state index in [1.807, 2.05) is 44.2 Å². The number of anilines is 2. The molecule has 1 aliphatic rings. The first-order valence-corrected chi connectivity index (χ1v) is 8.72. The molecule has 2 aromatic carbocycles. The van der Waals surface area contributed by atoms with Gasteiger partial charge in [0.1, 0.15) is 0 Å². The van der Waals surface area contributed by atoms with Gasteiger partial charge in [0.15, 0.2) is 0 Å². The zero-order chi connectivity index (χ0) is 18.7. The summed E-state index contributed by atoms with van der Waals surface area (Å²) in [4.78, 5) is 28.7. The number of nitrogens with zero attached hydrogens (tertiary/aromatic N) is 2. The fraction of sp³-hybridized carbons (Fsp3) is 0.300. The van der Waals surface area contributed by atoms with Gasteiger partial charge >= 0.3 is 6.03 Å². The molecule has 0 aromatic heterocycles. The van der Waals surface area contributed by atoms with Gasteiger partial charge < -0.3 is 20.9 Å². The smallest absolute Gasteiger partial charge is 0.321 e. The van der Waals surface area contributed by atoms with Crippen LogP contribution in [0.1, 0.15) is 21.5 Å². The number of carbonyl (C=O) groups is 2. The number of aryl methyl sites for hydroxylation is 2. The summed E-state index contributed by atoms with van der Waals surface area (Å²) < 4.78 is 0. The summed E-state index contributed by atoms with van der Waals surface area (Å²) >= 11 is 0. The SMILES string of the molecule is Cc1cccc(NC(=O)N2CCN(C(=O)c3cc(N)ccc3C)CC2)c1. The monoisotopic (exact) mass is 352 g/mol. The van der Waals surface area contributed by atoms with E-state index in [1.165, 1.54) is 0 Å². The second kappa shape index (κ2) is 7.47. The molecule has 1 fully saturated rings. The molecule has 3 amide bonds. The molecule has 136 valence electrons. The van der Waals surface area contributed by atoms with E-state index in [1.54, 1.807) is 21.9 Å². The number of benzene rings is 2. The first-order chi connectivity index (χ1) is 12.4. The van der Waals surface area contributed by atoms with Crippen molar-refractivity contribution >= 4 is 23.3 Å². The van der Waals surface area contributed by atoms with E-state index in [0.717, 1.165) is 16.8 Å². The van der Waals surface area contributed by atoms with Crippen LogP contribution in [-0.2, 0) is 0 Å². The van der Waals surface area contributed by atoms with Gasteiger partial charge in [-0.2, -0.15) is 0 Å². The number of urea groups is 1. The molecule has 1 aliphatic heterocycles. The molecule has 0 radical (unpaired) electrons. The van der Waals surface area contributed by atoms with Gasteiger partial charge in [0.2, 0.25) is 0 Å². The largest absolute Gasteiger partial charge is 0.399 e. The number of piperazine rings is 1. The van der Waals surface area contributed by atoms with E-state index in [2.05, 4.69) is 5.32 Å². The summed E-state index contributed by atoms with van der Waals surface area (Å²) in [7, 11) is 0. The molecule has 0 aliphatic carbocycles. The fourth-order valence-electron chi connectivity index (χ4n) is 3.08. The third-order valence-corrected chi connectivity index (χ3v) is 4.62. The van der Waals surface area contributed by atoms with Crippen LogP contribution >= 0.6 is 0 Å². The molecule has 2 aromatic rings. The third kappa shape index (κ3) is 3.96. The Morgan fingerprint density at radius 3 is 2.35 bits per heavy atom. The average molecular weight is 352 g/mol. The highest BCUT2D eigenvalue weighted by Gasteiger charge is 2.25. The minimum absolute atomic E-state index is 0.0338. The van der Waals surface area contributed by atoms with E-state index < -0.39 is 0 Å². The second-order valence-electron chi connectivity index (χ2n) is 6.65. The van der Waals surface area contributed by atoms with E-state index in [4.69, 9.17) is 5.73 Å². The second-order valence-corrected chi connectivity index (χ2v) is 6.65. The van der Waals surface area contributed by atoms with Crippen LogP contribution in [0.15, 0.2) is 42.5 Å². The molecule has 6 heteroatoms. The lowest BCUT2D eigenvalue weighted by atomic mass is 10.1. The zero-order valence-electron chi connectivity index (χ0n) is 15.2. The third-order valence-electron chi connectivity index (χ3n) is 4.62. The number of nitrogens with one attached hydrogen (secondary N) is 1. The highest BCUT2D eigenvalue weighted by atomic mass is 16.2. The maximum absolute atomic E-state index is 12.7. The molecule has 0 atom stereocenters. The Bertz CT molecular complexity index is 826. The Morgan fingerprint density at radius 2 is 1.65 bits per heavy atom. The van der Waals surface area contributed by atoms with Crippen LogP contribution in [0.25, 0.3) is 0 Å². The van der Waals surface area contributed by atoms with E-state index in [9.17, 15) is 9.59 Å². The van der Waals surface area contributed by atoms with E-state index >= 15 is 0 Å². The summed E-state index contributed by atoms with van der Waals surface area (Å²) in [6.45, 7) is 5.91. The van der Waals surface area contributed by atoms with Gasteiger partial charge in [-0.15, -0.1) is 0 Å². The maximum Gasteiger partial charge on any atom is 0.321 e. The molecular weight excluding hydrogens is 328 g/mol. The standard InChI is InChI=1S/C20H24N4O2/c1-14-4-3-5-17(12-14)22-20(26)24-10-8-23(9-11-24)19(25)18-13-16(21)7-6-15(18)2/h3-7,12-13H,8-11,21H2,1-2H3,(H,22,26). The Labute approximate surface area is 153 Å². The normalized spacial score (nSPS) is 14.2. The molecule has 3 rings (SSSR count). The van der Waals surface area contributed by atoms with Gasteiger partial charge in [0, 0.05) is 43.1 Å². The predicted molar refractivity (Wildman–Crippen MR) is 103 cm³/mol. The Kier molecular flexibility index (Phi) is 5.11. The van der Waals surface area contributed by atoms with Crippen LogP contribution in [0.3, 0.4) is 0 Å². The summed E-state index contributed by atoms with van der Waals surface area (Å²) in [6.07, 6.45) is 0. The van der Waals surface area contributed by atoms with Gasteiger partial charge in [-0.3, -0.25) is 4.79 Å². The lowest BCUT2D eigenvalue weighted by molar-refractivity contribution is 0.0671. The highest BCUT2D eigenvalue weighted by Crippen LogP contribution is 2.17. The van der Waals surface area contributed by atoms with Crippen molar-refractivity contribution < 1.29 is 9.59 Å². The first-order valence-electron chi connectivity index (χ1n) is 8.72. The fourth-order valence-corrected chi connectivity index (χ4v) is 3.08. The van der Waals surface area contributed by atoms with Gasteiger partial charge in [0.25, 0.3) is 5.91 Å². The molecule has 1 saturated heterocycles. The molecule has 0 saturated carbocycles.